The smallest absolute Gasteiger partial charge is 0.328 e. The van der Waals surface area contributed by atoms with Crippen LogP contribution in [-0.2, 0) is 9.59 Å². The van der Waals surface area contributed by atoms with Crippen molar-refractivity contribution in [2.45, 2.75) is 45.3 Å². The lowest BCUT2D eigenvalue weighted by molar-refractivity contribution is -0.146. The van der Waals surface area contributed by atoms with Gasteiger partial charge in [0.15, 0.2) is 6.04 Å². The van der Waals surface area contributed by atoms with Gasteiger partial charge in [-0.05, 0) is 26.3 Å². The molecule has 1 heterocycles. The number of nitrogens with one attached hydrogen (secondary N) is 2. The fourth-order valence-corrected chi connectivity index (χ4v) is 2.43. The number of carbonyl (C=O) groups excluding carboxylic acids is 1. The summed E-state index contributed by atoms with van der Waals surface area (Å²) in [6, 6.07) is -1.24. The number of aliphatic hydroxyl groups excluding tert-OH is 1. The molecule has 1 aliphatic heterocycles. The Morgan fingerprint density at radius 2 is 2.17 bits per heavy atom. The Morgan fingerprint density at radius 3 is 2.56 bits per heavy atom. The molecule has 0 aromatic heterocycles. The number of aliphatic carboxylic acids is 1. The molecule has 6 nitrogen and oxygen atoms in total. The van der Waals surface area contributed by atoms with Gasteiger partial charge in [-0.2, -0.15) is 0 Å². The van der Waals surface area contributed by atoms with E-state index in [1.54, 1.807) is 0 Å². The number of hydrogen-bond acceptors (Lipinski definition) is 4. The van der Waals surface area contributed by atoms with Crippen molar-refractivity contribution in [1.29, 1.82) is 0 Å². The van der Waals surface area contributed by atoms with Gasteiger partial charge in [0.2, 0.25) is 5.91 Å². The summed E-state index contributed by atoms with van der Waals surface area (Å²) in [4.78, 5) is 23.2. The SMILES string of the molecule is CCCC1(C(=O)NC(C(=O)O)C(C)O)CCNC1. The third-order valence-corrected chi connectivity index (χ3v) is 3.49. The molecule has 1 amide bonds. The van der Waals surface area contributed by atoms with E-state index < -0.39 is 23.5 Å². The topological polar surface area (TPSA) is 98.7 Å². The van der Waals surface area contributed by atoms with Gasteiger partial charge in [-0.15, -0.1) is 0 Å². The maximum atomic E-state index is 12.3. The number of carboxylic acid groups (broad SMARTS) is 1. The average Bonchev–Trinajstić information content (AvgIpc) is 2.75. The number of aliphatic hydroxyl groups is 1. The van der Waals surface area contributed by atoms with E-state index in [0.29, 0.717) is 13.0 Å². The Balaban J connectivity index is 2.75. The van der Waals surface area contributed by atoms with Gasteiger partial charge in [0.1, 0.15) is 0 Å². The van der Waals surface area contributed by atoms with Gasteiger partial charge in [-0.1, -0.05) is 13.3 Å². The summed E-state index contributed by atoms with van der Waals surface area (Å²) in [5.41, 5.74) is -0.530. The molecular formula is C12H22N2O4. The molecule has 0 spiro atoms. The summed E-state index contributed by atoms with van der Waals surface area (Å²) in [5.74, 6) is -1.49. The van der Waals surface area contributed by atoms with Crippen molar-refractivity contribution in [3.8, 4) is 0 Å². The molecule has 0 bridgehead atoms. The minimum atomic E-state index is -1.24. The standard InChI is InChI=1S/C12H22N2O4/c1-3-4-12(5-6-13-7-12)11(18)14-9(8(2)15)10(16)17/h8-9,13,15H,3-7H2,1-2H3,(H,14,18)(H,16,17). The second-order valence-electron chi connectivity index (χ2n) is 4.99. The van der Waals surface area contributed by atoms with E-state index >= 15 is 0 Å². The molecule has 18 heavy (non-hydrogen) atoms. The molecule has 1 rings (SSSR count). The third kappa shape index (κ3) is 3.20. The molecule has 6 heteroatoms. The normalized spacial score (nSPS) is 26.6. The summed E-state index contributed by atoms with van der Waals surface area (Å²) >= 11 is 0. The maximum Gasteiger partial charge on any atom is 0.328 e. The van der Waals surface area contributed by atoms with Crippen molar-refractivity contribution in [1.82, 2.24) is 10.6 Å². The summed E-state index contributed by atoms with van der Waals surface area (Å²) in [5, 5.41) is 23.9. The number of carboxylic acids is 1. The van der Waals surface area contributed by atoms with Gasteiger partial charge in [0, 0.05) is 6.54 Å². The van der Waals surface area contributed by atoms with E-state index in [1.165, 1.54) is 6.92 Å². The van der Waals surface area contributed by atoms with Crippen molar-refractivity contribution in [3.05, 3.63) is 0 Å². The largest absolute Gasteiger partial charge is 0.480 e. The Morgan fingerprint density at radius 1 is 1.50 bits per heavy atom. The van der Waals surface area contributed by atoms with Gasteiger partial charge < -0.3 is 20.8 Å². The molecule has 0 aliphatic carbocycles. The molecule has 1 aliphatic rings. The minimum Gasteiger partial charge on any atom is -0.480 e. The summed E-state index contributed by atoms with van der Waals surface area (Å²) in [6.45, 7) is 4.69. The predicted molar refractivity (Wildman–Crippen MR) is 66.1 cm³/mol. The van der Waals surface area contributed by atoms with E-state index in [-0.39, 0.29) is 5.91 Å². The van der Waals surface area contributed by atoms with E-state index in [1.807, 2.05) is 6.92 Å². The molecule has 4 N–H and O–H groups in total. The van der Waals surface area contributed by atoms with Crippen LogP contribution >= 0.6 is 0 Å². The van der Waals surface area contributed by atoms with E-state index in [0.717, 1.165) is 19.4 Å². The van der Waals surface area contributed by atoms with Crippen LogP contribution < -0.4 is 10.6 Å². The van der Waals surface area contributed by atoms with Gasteiger partial charge >= 0.3 is 5.97 Å². The monoisotopic (exact) mass is 258 g/mol. The van der Waals surface area contributed by atoms with Crippen LogP contribution in [0.25, 0.3) is 0 Å². The number of amides is 1. The minimum absolute atomic E-state index is 0.275. The van der Waals surface area contributed by atoms with Gasteiger partial charge in [0.25, 0.3) is 0 Å². The third-order valence-electron chi connectivity index (χ3n) is 3.49. The summed E-state index contributed by atoms with van der Waals surface area (Å²) < 4.78 is 0. The van der Waals surface area contributed by atoms with E-state index in [2.05, 4.69) is 10.6 Å². The lowest BCUT2D eigenvalue weighted by Gasteiger charge is -2.29. The molecule has 0 radical (unpaired) electrons. The first kappa shape index (κ1) is 14.9. The van der Waals surface area contributed by atoms with E-state index in [4.69, 9.17) is 5.11 Å². The van der Waals surface area contributed by atoms with Crippen LogP contribution in [-0.4, -0.2) is 47.3 Å². The fraction of sp³-hybridized carbons (Fsp3) is 0.833. The van der Waals surface area contributed by atoms with Crippen molar-refractivity contribution in [3.63, 3.8) is 0 Å². The van der Waals surface area contributed by atoms with Crippen LogP contribution in [0.4, 0.5) is 0 Å². The molecule has 0 saturated carbocycles. The number of carbonyl (C=O) groups is 2. The molecule has 0 aromatic rings. The second kappa shape index (κ2) is 6.15. The second-order valence-corrected chi connectivity index (χ2v) is 4.99. The Kier molecular flexibility index (Phi) is 5.10. The Hall–Kier alpha value is -1.14. The highest BCUT2D eigenvalue weighted by Crippen LogP contribution is 2.31. The van der Waals surface area contributed by atoms with Crippen molar-refractivity contribution in [2.24, 2.45) is 5.41 Å². The first-order valence-corrected chi connectivity index (χ1v) is 6.35. The van der Waals surface area contributed by atoms with E-state index in [9.17, 15) is 14.7 Å². The van der Waals surface area contributed by atoms with Crippen LogP contribution in [0.15, 0.2) is 0 Å². The first-order chi connectivity index (χ1) is 8.43. The highest BCUT2D eigenvalue weighted by atomic mass is 16.4. The van der Waals surface area contributed by atoms with Crippen molar-refractivity contribution in [2.75, 3.05) is 13.1 Å². The Bertz CT molecular complexity index is 311. The highest BCUT2D eigenvalue weighted by Gasteiger charge is 2.42. The van der Waals surface area contributed by atoms with Crippen molar-refractivity contribution < 1.29 is 19.8 Å². The molecule has 1 saturated heterocycles. The van der Waals surface area contributed by atoms with Crippen LogP contribution in [0.2, 0.25) is 0 Å². The molecule has 104 valence electrons. The summed E-state index contributed by atoms with van der Waals surface area (Å²) in [7, 11) is 0. The molecule has 3 unspecified atom stereocenters. The molecular weight excluding hydrogens is 236 g/mol. The van der Waals surface area contributed by atoms with Crippen LogP contribution in [0.1, 0.15) is 33.1 Å². The lowest BCUT2D eigenvalue weighted by atomic mass is 9.81. The highest BCUT2D eigenvalue weighted by molar-refractivity contribution is 5.88. The Labute approximate surface area is 107 Å². The van der Waals surface area contributed by atoms with Crippen molar-refractivity contribution >= 4 is 11.9 Å². The zero-order chi connectivity index (χ0) is 13.8. The predicted octanol–water partition coefficient (Wildman–Crippen LogP) is -0.284. The van der Waals surface area contributed by atoms with Crippen LogP contribution in [0, 0.1) is 5.41 Å². The van der Waals surface area contributed by atoms with Crippen LogP contribution in [0.5, 0.6) is 0 Å². The molecule has 0 aromatic carbocycles. The molecule has 1 fully saturated rings. The quantitative estimate of drug-likeness (QED) is 0.525. The summed E-state index contributed by atoms with van der Waals surface area (Å²) in [6.07, 6.45) is 1.18. The zero-order valence-electron chi connectivity index (χ0n) is 10.9. The maximum absolute atomic E-state index is 12.3. The van der Waals surface area contributed by atoms with Gasteiger partial charge in [0.05, 0.1) is 11.5 Å². The molecule has 3 atom stereocenters. The number of rotatable bonds is 6. The lowest BCUT2D eigenvalue weighted by Crippen LogP contribution is -2.53. The fourth-order valence-electron chi connectivity index (χ4n) is 2.43. The first-order valence-electron chi connectivity index (χ1n) is 6.35. The number of hydrogen-bond donors (Lipinski definition) is 4. The van der Waals surface area contributed by atoms with Gasteiger partial charge in [-0.25, -0.2) is 4.79 Å². The zero-order valence-corrected chi connectivity index (χ0v) is 10.9. The average molecular weight is 258 g/mol. The van der Waals surface area contributed by atoms with Gasteiger partial charge in [-0.3, -0.25) is 4.79 Å². The van der Waals surface area contributed by atoms with Crippen LogP contribution in [0.3, 0.4) is 0 Å².